The van der Waals surface area contributed by atoms with Crippen molar-refractivity contribution in [2.24, 2.45) is 7.05 Å². The van der Waals surface area contributed by atoms with E-state index in [0.717, 1.165) is 29.3 Å². The number of hydrogen-bond acceptors (Lipinski definition) is 3. The molecule has 6 heteroatoms. The molecule has 0 aromatic carbocycles. The number of amides is 1. The van der Waals surface area contributed by atoms with E-state index in [9.17, 15) is 10.1 Å². The monoisotopic (exact) mass is 349 g/mol. The third-order valence-electron chi connectivity index (χ3n) is 3.46. The summed E-state index contributed by atoms with van der Waals surface area (Å²) in [5.74, 6) is -0.186. The maximum atomic E-state index is 12.3. The van der Waals surface area contributed by atoms with Gasteiger partial charge in [0.2, 0.25) is 0 Å². The van der Waals surface area contributed by atoms with Gasteiger partial charge in [-0.25, -0.2) is 0 Å². The average molecular weight is 350 g/mol. The lowest BCUT2D eigenvalue weighted by Gasteiger charge is -2.04. The summed E-state index contributed by atoms with van der Waals surface area (Å²) >= 11 is 4.88. The number of fused-ring (bicyclic) bond motifs is 1. The number of rotatable bonds is 2. The first-order valence-corrected chi connectivity index (χ1v) is 7.89. The van der Waals surface area contributed by atoms with Gasteiger partial charge in [-0.15, -0.1) is 11.3 Å². The molecule has 0 bridgehead atoms. The van der Waals surface area contributed by atoms with E-state index in [-0.39, 0.29) is 5.91 Å². The van der Waals surface area contributed by atoms with Crippen LogP contribution in [0.15, 0.2) is 16.7 Å². The molecule has 1 N–H and O–H groups in total. The van der Waals surface area contributed by atoms with Crippen LogP contribution in [0.25, 0.3) is 0 Å². The maximum Gasteiger partial charge on any atom is 0.272 e. The summed E-state index contributed by atoms with van der Waals surface area (Å²) < 4.78 is 2.62. The number of hydrogen-bond donors (Lipinski definition) is 1. The van der Waals surface area contributed by atoms with Crippen molar-refractivity contribution in [3.63, 3.8) is 0 Å². The Balaban J connectivity index is 1.91. The first-order valence-electron chi connectivity index (χ1n) is 6.28. The highest BCUT2D eigenvalue weighted by Gasteiger charge is 2.23. The lowest BCUT2D eigenvalue weighted by Crippen LogP contribution is -2.15. The first kappa shape index (κ1) is 13.4. The summed E-state index contributed by atoms with van der Waals surface area (Å²) in [4.78, 5) is 13.5. The summed E-state index contributed by atoms with van der Waals surface area (Å²) in [6.07, 6.45) is 4.89. The Morgan fingerprint density at radius 1 is 1.55 bits per heavy atom. The van der Waals surface area contributed by atoms with Gasteiger partial charge in [0.1, 0.15) is 16.8 Å². The second-order valence-electron chi connectivity index (χ2n) is 4.78. The SMILES string of the molecule is Cn1cc(Br)cc1C(=O)Nc1sc2c(c1C#N)CCC2. The summed E-state index contributed by atoms with van der Waals surface area (Å²) in [5, 5.41) is 12.9. The number of carbonyl (C=O) groups excluding carboxylic acids is 1. The molecule has 0 saturated carbocycles. The number of nitrogens with zero attached hydrogens (tertiary/aromatic N) is 2. The third kappa shape index (κ3) is 2.17. The van der Waals surface area contributed by atoms with Gasteiger partial charge in [-0.3, -0.25) is 4.79 Å². The highest BCUT2D eigenvalue weighted by atomic mass is 79.9. The summed E-state index contributed by atoms with van der Waals surface area (Å²) in [7, 11) is 1.82. The Morgan fingerprint density at radius 3 is 3.00 bits per heavy atom. The van der Waals surface area contributed by atoms with E-state index >= 15 is 0 Å². The zero-order valence-electron chi connectivity index (χ0n) is 10.9. The highest BCUT2D eigenvalue weighted by molar-refractivity contribution is 9.10. The van der Waals surface area contributed by atoms with Gasteiger partial charge in [0.25, 0.3) is 5.91 Å². The third-order valence-corrected chi connectivity index (χ3v) is 5.11. The van der Waals surface area contributed by atoms with Crippen LogP contribution in [0, 0.1) is 11.3 Å². The van der Waals surface area contributed by atoms with E-state index in [2.05, 4.69) is 27.3 Å². The van der Waals surface area contributed by atoms with Gasteiger partial charge < -0.3 is 9.88 Å². The predicted molar refractivity (Wildman–Crippen MR) is 82.1 cm³/mol. The standard InChI is InChI=1S/C14H12BrN3OS/c1-18-7-8(15)5-11(18)13(19)17-14-10(6-16)9-3-2-4-12(9)20-14/h5,7H,2-4H2,1H3,(H,17,19). The number of aryl methyl sites for hydroxylation is 2. The first-order chi connectivity index (χ1) is 9.60. The van der Waals surface area contributed by atoms with Crippen LogP contribution in [0.2, 0.25) is 0 Å². The molecule has 0 saturated heterocycles. The van der Waals surface area contributed by atoms with Gasteiger partial charge in [0.15, 0.2) is 0 Å². The molecule has 4 nitrogen and oxygen atoms in total. The minimum atomic E-state index is -0.186. The van der Waals surface area contributed by atoms with Crippen LogP contribution >= 0.6 is 27.3 Å². The topological polar surface area (TPSA) is 57.8 Å². The van der Waals surface area contributed by atoms with Crippen molar-refractivity contribution in [1.29, 1.82) is 5.26 Å². The van der Waals surface area contributed by atoms with Crippen molar-refractivity contribution >= 4 is 38.2 Å². The van der Waals surface area contributed by atoms with Gasteiger partial charge in [-0.05, 0) is 46.8 Å². The van der Waals surface area contributed by atoms with Gasteiger partial charge in [0, 0.05) is 22.6 Å². The van der Waals surface area contributed by atoms with Crippen LogP contribution in [-0.4, -0.2) is 10.5 Å². The van der Waals surface area contributed by atoms with Crippen molar-refractivity contribution in [3.8, 4) is 6.07 Å². The molecule has 20 heavy (non-hydrogen) atoms. The largest absolute Gasteiger partial charge is 0.345 e. The molecule has 1 aliphatic rings. The zero-order valence-corrected chi connectivity index (χ0v) is 13.3. The molecule has 3 rings (SSSR count). The van der Waals surface area contributed by atoms with Crippen LogP contribution in [0.5, 0.6) is 0 Å². The van der Waals surface area contributed by atoms with Crippen LogP contribution in [-0.2, 0) is 19.9 Å². The molecule has 0 aliphatic heterocycles. The van der Waals surface area contributed by atoms with Gasteiger partial charge >= 0.3 is 0 Å². The second kappa shape index (κ2) is 5.08. The predicted octanol–water partition coefficient (Wildman–Crippen LogP) is 3.46. The summed E-state index contributed by atoms with van der Waals surface area (Å²) in [5.41, 5.74) is 2.33. The molecule has 2 heterocycles. The fourth-order valence-corrected chi connectivity index (χ4v) is 4.29. The maximum absolute atomic E-state index is 12.3. The second-order valence-corrected chi connectivity index (χ2v) is 6.80. The molecule has 0 fully saturated rings. The van der Waals surface area contributed by atoms with E-state index in [4.69, 9.17) is 0 Å². The van der Waals surface area contributed by atoms with E-state index < -0.39 is 0 Å². The Hall–Kier alpha value is -1.58. The van der Waals surface area contributed by atoms with Gasteiger partial charge in [-0.1, -0.05) is 0 Å². The average Bonchev–Trinajstić information content (AvgIpc) is 3.03. The lowest BCUT2D eigenvalue weighted by atomic mass is 10.1. The van der Waals surface area contributed by atoms with Crippen molar-refractivity contribution in [3.05, 3.63) is 38.4 Å². The van der Waals surface area contributed by atoms with E-state index in [1.165, 1.54) is 16.2 Å². The molecular formula is C14H12BrN3OS. The summed E-state index contributed by atoms with van der Waals surface area (Å²) in [6, 6.07) is 4.00. The minimum Gasteiger partial charge on any atom is -0.345 e. The van der Waals surface area contributed by atoms with Crippen LogP contribution in [0.4, 0.5) is 5.00 Å². The number of nitrogens with one attached hydrogen (secondary N) is 1. The molecular weight excluding hydrogens is 338 g/mol. The molecule has 0 radical (unpaired) electrons. The van der Waals surface area contributed by atoms with E-state index in [1.807, 2.05) is 13.2 Å². The molecule has 102 valence electrons. The van der Waals surface area contributed by atoms with E-state index in [1.54, 1.807) is 10.6 Å². The Bertz CT molecular complexity index is 738. The lowest BCUT2D eigenvalue weighted by molar-refractivity contribution is 0.101. The molecule has 0 spiro atoms. The molecule has 0 atom stereocenters. The quantitative estimate of drug-likeness (QED) is 0.902. The Kier molecular flexibility index (Phi) is 3.40. The smallest absolute Gasteiger partial charge is 0.272 e. The highest BCUT2D eigenvalue weighted by Crippen LogP contribution is 2.38. The number of aromatic nitrogens is 1. The van der Waals surface area contributed by atoms with Crippen molar-refractivity contribution in [2.45, 2.75) is 19.3 Å². The fourth-order valence-electron chi connectivity index (χ4n) is 2.53. The molecule has 2 aromatic rings. The Morgan fingerprint density at radius 2 is 2.35 bits per heavy atom. The zero-order chi connectivity index (χ0) is 14.3. The molecule has 1 amide bonds. The van der Waals surface area contributed by atoms with Crippen LogP contribution in [0.1, 0.15) is 32.9 Å². The summed E-state index contributed by atoms with van der Waals surface area (Å²) in [6.45, 7) is 0. The van der Waals surface area contributed by atoms with Gasteiger partial charge in [-0.2, -0.15) is 5.26 Å². The number of halogens is 1. The fraction of sp³-hybridized carbons (Fsp3) is 0.286. The number of thiophene rings is 1. The number of anilines is 1. The number of carbonyl (C=O) groups is 1. The normalized spacial score (nSPS) is 13.1. The molecule has 2 aromatic heterocycles. The van der Waals surface area contributed by atoms with Gasteiger partial charge in [0.05, 0.1) is 5.56 Å². The van der Waals surface area contributed by atoms with Crippen molar-refractivity contribution in [2.75, 3.05) is 5.32 Å². The minimum absolute atomic E-state index is 0.186. The van der Waals surface area contributed by atoms with Crippen LogP contribution < -0.4 is 5.32 Å². The Labute approximate surface area is 129 Å². The van der Waals surface area contributed by atoms with Crippen molar-refractivity contribution < 1.29 is 4.79 Å². The number of nitriles is 1. The van der Waals surface area contributed by atoms with E-state index in [0.29, 0.717) is 16.3 Å². The molecule has 0 unspecified atom stereocenters. The van der Waals surface area contributed by atoms with Crippen molar-refractivity contribution in [1.82, 2.24) is 4.57 Å². The molecule has 1 aliphatic carbocycles. The van der Waals surface area contributed by atoms with Crippen LogP contribution in [0.3, 0.4) is 0 Å².